The molecule has 0 atom stereocenters. The van der Waals surface area contributed by atoms with Gasteiger partial charge in [0.15, 0.2) is 0 Å². The van der Waals surface area contributed by atoms with Crippen molar-refractivity contribution >= 4 is 0 Å². The number of hydrogen-bond acceptors (Lipinski definition) is 0. The van der Waals surface area contributed by atoms with Crippen LogP contribution in [0.1, 0.15) is 52.7 Å². The van der Waals surface area contributed by atoms with Gasteiger partial charge in [-0.05, 0) is 28.0 Å². The van der Waals surface area contributed by atoms with Crippen LogP contribution in [0.25, 0.3) is 0 Å². The number of benzene rings is 1. The van der Waals surface area contributed by atoms with Crippen LogP contribution in [0.4, 0.5) is 8.78 Å². The summed E-state index contributed by atoms with van der Waals surface area (Å²) < 4.78 is 27.2. The zero-order chi connectivity index (χ0) is 12.7. The third-order valence-corrected chi connectivity index (χ3v) is 2.61. The summed E-state index contributed by atoms with van der Waals surface area (Å²) in [6.07, 6.45) is 0. The minimum Gasteiger partial charge on any atom is -0.207 e. The van der Waals surface area contributed by atoms with Crippen molar-refractivity contribution < 1.29 is 8.78 Å². The molecule has 0 aliphatic rings. The maximum atomic E-state index is 13.9. The summed E-state index contributed by atoms with van der Waals surface area (Å²) in [6.45, 7) is 11.7. The average molecular weight is 226 g/mol. The van der Waals surface area contributed by atoms with Crippen molar-refractivity contribution in [3.8, 4) is 0 Å². The van der Waals surface area contributed by atoms with E-state index in [2.05, 4.69) is 0 Å². The van der Waals surface area contributed by atoms with E-state index in [1.165, 1.54) is 6.07 Å². The summed E-state index contributed by atoms with van der Waals surface area (Å²) in [6, 6.07) is 2.42. The second-order valence-corrected chi connectivity index (χ2v) is 6.31. The number of halogens is 2. The van der Waals surface area contributed by atoms with Gasteiger partial charge in [-0.2, -0.15) is 0 Å². The number of hydrogen-bond donors (Lipinski definition) is 0. The van der Waals surface area contributed by atoms with Crippen molar-refractivity contribution in [3.05, 3.63) is 34.9 Å². The van der Waals surface area contributed by atoms with Gasteiger partial charge < -0.3 is 0 Å². The summed E-state index contributed by atoms with van der Waals surface area (Å²) in [5, 5.41) is 0. The zero-order valence-corrected chi connectivity index (χ0v) is 10.9. The van der Waals surface area contributed by atoms with Crippen molar-refractivity contribution in [3.63, 3.8) is 0 Å². The highest BCUT2D eigenvalue weighted by atomic mass is 19.1. The van der Waals surface area contributed by atoms with Gasteiger partial charge in [-0.3, -0.25) is 0 Å². The van der Waals surface area contributed by atoms with Gasteiger partial charge in [0.2, 0.25) is 0 Å². The lowest BCUT2D eigenvalue weighted by molar-refractivity contribution is 0.475. The summed E-state index contributed by atoms with van der Waals surface area (Å²) >= 11 is 0. The number of rotatable bonds is 0. The van der Waals surface area contributed by atoms with E-state index in [1.54, 1.807) is 0 Å². The molecule has 0 aliphatic carbocycles. The minimum atomic E-state index is -0.504. The molecule has 1 aromatic rings. The minimum absolute atomic E-state index is 0.258. The highest BCUT2D eigenvalue weighted by Gasteiger charge is 2.28. The van der Waals surface area contributed by atoms with Gasteiger partial charge in [-0.15, -0.1) is 0 Å². The van der Waals surface area contributed by atoms with Gasteiger partial charge in [-0.1, -0.05) is 41.5 Å². The summed E-state index contributed by atoms with van der Waals surface area (Å²) in [5.74, 6) is -0.951. The second-order valence-electron chi connectivity index (χ2n) is 6.31. The van der Waals surface area contributed by atoms with Crippen LogP contribution in [0.2, 0.25) is 0 Å². The first kappa shape index (κ1) is 13.1. The van der Waals surface area contributed by atoms with E-state index in [-0.39, 0.29) is 10.8 Å². The third kappa shape index (κ3) is 2.60. The Morgan fingerprint density at radius 3 is 1.69 bits per heavy atom. The molecule has 16 heavy (non-hydrogen) atoms. The fraction of sp³-hybridized carbons (Fsp3) is 0.571. The Bertz CT molecular complexity index is 392. The molecule has 0 spiro atoms. The molecule has 2 heteroatoms. The van der Waals surface area contributed by atoms with Gasteiger partial charge in [0.05, 0.1) is 0 Å². The highest BCUT2D eigenvalue weighted by Crippen LogP contribution is 2.36. The van der Waals surface area contributed by atoms with Gasteiger partial charge >= 0.3 is 0 Å². The van der Waals surface area contributed by atoms with Crippen molar-refractivity contribution in [2.75, 3.05) is 0 Å². The molecule has 1 aromatic carbocycles. The quantitative estimate of drug-likeness (QED) is 0.608. The molecule has 0 aliphatic heterocycles. The largest absolute Gasteiger partial charge is 0.207 e. The summed E-state index contributed by atoms with van der Waals surface area (Å²) in [7, 11) is 0. The fourth-order valence-corrected chi connectivity index (χ4v) is 1.93. The zero-order valence-electron chi connectivity index (χ0n) is 10.9. The Kier molecular flexibility index (Phi) is 3.15. The van der Waals surface area contributed by atoms with Crippen LogP contribution in [-0.4, -0.2) is 0 Å². The molecule has 0 fully saturated rings. The molecule has 0 amide bonds. The molecule has 0 unspecified atom stereocenters. The molecule has 90 valence electrons. The van der Waals surface area contributed by atoms with Gasteiger partial charge in [0.25, 0.3) is 0 Å². The molecule has 0 heterocycles. The van der Waals surface area contributed by atoms with Crippen molar-refractivity contribution in [1.82, 2.24) is 0 Å². The first-order valence-corrected chi connectivity index (χ1v) is 5.53. The Hall–Kier alpha value is -0.920. The lowest BCUT2D eigenvalue weighted by atomic mass is 9.75. The molecule has 0 saturated carbocycles. The van der Waals surface area contributed by atoms with E-state index in [0.717, 1.165) is 11.6 Å². The molecule has 0 aromatic heterocycles. The van der Waals surface area contributed by atoms with Gasteiger partial charge in [0.1, 0.15) is 11.6 Å². The third-order valence-electron chi connectivity index (χ3n) is 2.61. The maximum absolute atomic E-state index is 13.9. The van der Waals surface area contributed by atoms with Crippen LogP contribution < -0.4 is 0 Å². The molecular formula is C14H20F2. The molecule has 0 nitrogen and oxygen atoms in total. The predicted molar refractivity (Wildman–Crippen MR) is 63.8 cm³/mol. The van der Waals surface area contributed by atoms with Crippen LogP contribution in [-0.2, 0) is 10.8 Å². The van der Waals surface area contributed by atoms with Crippen LogP contribution in [0.15, 0.2) is 12.1 Å². The van der Waals surface area contributed by atoms with E-state index in [1.807, 2.05) is 41.5 Å². The molecule has 1 rings (SSSR count). The average Bonchev–Trinajstić information content (AvgIpc) is 1.97. The fourth-order valence-electron chi connectivity index (χ4n) is 1.93. The SMILES string of the molecule is CC(C)(C)c1cc(F)cc(F)c1C(C)(C)C. The molecule has 0 saturated heterocycles. The molecular weight excluding hydrogens is 206 g/mol. The lowest BCUT2D eigenvalue weighted by Gasteiger charge is -2.30. The Labute approximate surface area is 96.7 Å². The van der Waals surface area contributed by atoms with Crippen molar-refractivity contribution in [2.45, 2.75) is 52.4 Å². The Balaban J connectivity index is 3.58. The van der Waals surface area contributed by atoms with E-state index in [4.69, 9.17) is 0 Å². The van der Waals surface area contributed by atoms with E-state index in [0.29, 0.717) is 5.56 Å². The predicted octanol–water partition coefficient (Wildman–Crippen LogP) is 4.56. The molecule has 0 bridgehead atoms. The van der Waals surface area contributed by atoms with Gasteiger partial charge in [0, 0.05) is 6.07 Å². The van der Waals surface area contributed by atoms with Crippen molar-refractivity contribution in [1.29, 1.82) is 0 Å². The first-order chi connectivity index (χ1) is 7.03. The van der Waals surface area contributed by atoms with E-state index >= 15 is 0 Å². The smallest absolute Gasteiger partial charge is 0.130 e. The first-order valence-electron chi connectivity index (χ1n) is 5.53. The Morgan fingerprint density at radius 2 is 1.31 bits per heavy atom. The molecule has 0 radical (unpaired) electrons. The topological polar surface area (TPSA) is 0 Å². The monoisotopic (exact) mass is 226 g/mol. The van der Waals surface area contributed by atoms with E-state index in [9.17, 15) is 8.78 Å². The van der Waals surface area contributed by atoms with Crippen LogP contribution in [0.5, 0.6) is 0 Å². The summed E-state index contributed by atoms with van der Waals surface area (Å²) in [4.78, 5) is 0. The molecule has 0 N–H and O–H groups in total. The van der Waals surface area contributed by atoms with Crippen LogP contribution >= 0.6 is 0 Å². The highest BCUT2D eigenvalue weighted by molar-refractivity contribution is 5.39. The Morgan fingerprint density at radius 1 is 0.812 bits per heavy atom. The van der Waals surface area contributed by atoms with Crippen LogP contribution in [0.3, 0.4) is 0 Å². The van der Waals surface area contributed by atoms with Crippen LogP contribution in [0, 0.1) is 11.6 Å². The van der Waals surface area contributed by atoms with Crippen molar-refractivity contribution in [2.24, 2.45) is 0 Å². The maximum Gasteiger partial charge on any atom is 0.130 e. The second kappa shape index (κ2) is 3.83. The summed E-state index contributed by atoms with van der Waals surface area (Å²) in [5.41, 5.74) is 0.783. The van der Waals surface area contributed by atoms with E-state index < -0.39 is 11.6 Å². The lowest BCUT2D eigenvalue weighted by Crippen LogP contribution is -2.24. The van der Waals surface area contributed by atoms with Gasteiger partial charge in [-0.25, -0.2) is 8.78 Å². The standard InChI is InChI=1S/C14H20F2/c1-13(2,3)10-7-9(15)8-11(16)12(10)14(4,5)6/h7-8H,1-6H3. The normalized spacial score (nSPS) is 13.0.